The molecule has 1 saturated carbocycles. The molecule has 0 aromatic carbocycles. The molecule has 0 radical (unpaired) electrons. The molecule has 2 rings (SSSR count). The van der Waals surface area contributed by atoms with E-state index in [2.05, 4.69) is 29.1 Å². The zero-order valence-corrected chi connectivity index (χ0v) is 11.6. The summed E-state index contributed by atoms with van der Waals surface area (Å²) in [5.41, 5.74) is 0. The largest absolute Gasteiger partial charge is 0.314 e. The van der Waals surface area contributed by atoms with Crippen LogP contribution in [0.5, 0.6) is 0 Å². The number of likely N-dealkylation sites (N-methyl/N-ethyl adjacent to an activating group) is 1. The van der Waals surface area contributed by atoms with Gasteiger partial charge in [-0.3, -0.25) is 4.90 Å². The quantitative estimate of drug-likeness (QED) is 0.782. The van der Waals surface area contributed by atoms with Gasteiger partial charge in [0.15, 0.2) is 0 Å². The van der Waals surface area contributed by atoms with Crippen LogP contribution in [0.4, 0.5) is 0 Å². The molecule has 2 aliphatic rings. The van der Waals surface area contributed by atoms with Crippen molar-refractivity contribution >= 4 is 0 Å². The molecule has 1 N–H and O–H groups in total. The molecule has 0 aromatic rings. The Kier molecular flexibility index (Phi) is 5.26. The van der Waals surface area contributed by atoms with Crippen molar-refractivity contribution in [3.8, 4) is 0 Å². The van der Waals surface area contributed by atoms with E-state index in [9.17, 15) is 0 Å². The van der Waals surface area contributed by atoms with Gasteiger partial charge in [0.25, 0.3) is 0 Å². The lowest BCUT2D eigenvalue weighted by Gasteiger charge is -2.35. The minimum atomic E-state index is 0.712. The van der Waals surface area contributed by atoms with Gasteiger partial charge in [-0.2, -0.15) is 0 Å². The van der Waals surface area contributed by atoms with E-state index in [4.69, 9.17) is 0 Å². The van der Waals surface area contributed by atoms with Crippen LogP contribution in [0.25, 0.3) is 0 Å². The predicted octanol–water partition coefficient (Wildman–Crippen LogP) is 1.40. The van der Waals surface area contributed by atoms with Crippen LogP contribution in [-0.4, -0.2) is 62.2 Å². The summed E-state index contributed by atoms with van der Waals surface area (Å²) in [5, 5.41) is 3.43. The molecule has 3 heteroatoms. The SMILES string of the molecule is CC(CN(C)CC1CCCC1)N1CCNCC1. The van der Waals surface area contributed by atoms with Crippen molar-refractivity contribution in [3.63, 3.8) is 0 Å². The van der Waals surface area contributed by atoms with Gasteiger partial charge in [-0.1, -0.05) is 12.8 Å². The molecule has 1 heterocycles. The number of nitrogens with zero attached hydrogens (tertiary/aromatic N) is 2. The third-order valence-corrected chi connectivity index (χ3v) is 4.40. The van der Waals surface area contributed by atoms with Crippen molar-refractivity contribution < 1.29 is 0 Å². The maximum Gasteiger partial charge on any atom is 0.0195 e. The molecule has 1 unspecified atom stereocenters. The first-order chi connectivity index (χ1) is 8.25. The second-order valence-electron chi connectivity index (χ2n) is 6.01. The fourth-order valence-corrected chi connectivity index (χ4v) is 3.40. The molecule has 1 aliphatic heterocycles. The van der Waals surface area contributed by atoms with Crippen LogP contribution in [0.3, 0.4) is 0 Å². The van der Waals surface area contributed by atoms with Crippen LogP contribution in [0.15, 0.2) is 0 Å². The van der Waals surface area contributed by atoms with Crippen molar-refractivity contribution in [1.82, 2.24) is 15.1 Å². The third-order valence-electron chi connectivity index (χ3n) is 4.40. The van der Waals surface area contributed by atoms with Crippen molar-refractivity contribution in [1.29, 1.82) is 0 Å². The molecule has 0 spiro atoms. The Morgan fingerprint density at radius 1 is 1.24 bits per heavy atom. The maximum absolute atomic E-state index is 3.43. The lowest BCUT2D eigenvalue weighted by atomic mass is 10.1. The van der Waals surface area contributed by atoms with E-state index in [0.29, 0.717) is 6.04 Å². The minimum Gasteiger partial charge on any atom is -0.314 e. The summed E-state index contributed by atoms with van der Waals surface area (Å²) in [7, 11) is 2.30. The van der Waals surface area contributed by atoms with Crippen LogP contribution in [0.2, 0.25) is 0 Å². The van der Waals surface area contributed by atoms with E-state index in [-0.39, 0.29) is 0 Å². The Labute approximate surface area is 107 Å². The Bertz CT molecular complexity index is 208. The molecule has 1 aliphatic carbocycles. The molecule has 2 fully saturated rings. The summed E-state index contributed by atoms with van der Waals surface area (Å²) in [6, 6.07) is 0.712. The molecule has 0 aromatic heterocycles. The topological polar surface area (TPSA) is 18.5 Å². The standard InChI is InChI=1S/C14H29N3/c1-13(17-9-7-15-8-10-17)11-16(2)12-14-5-3-4-6-14/h13-15H,3-12H2,1-2H3. The summed E-state index contributed by atoms with van der Waals surface area (Å²) in [4.78, 5) is 5.18. The highest BCUT2D eigenvalue weighted by Gasteiger charge is 2.20. The first-order valence-corrected chi connectivity index (χ1v) is 7.39. The Balaban J connectivity index is 1.67. The van der Waals surface area contributed by atoms with Crippen molar-refractivity contribution in [2.75, 3.05) is 46.3 Å². The van der Waals surface area contributed by atoms with Gasteiger partial charge in [0.05, 0.1) is 0 Å². The monoisotopic (exact) mass is 239 g/mol. The maximum atomic E-state index is 3.43. The van der Waals surface area contributed by atoms with Crippen molar-refractivity contribution in [2.45, 2.75) is 38.6 Å². The molecule has 1 saturated heterocycles. The second kappa shape index (κ2) is 6.72. The fourth-order valence-electron chi connectivity index (χ4n) is 3.40. The van der Waals surface area contributed by atoms with Crippen LogP contribution in [-0.2, 0) is 0 Å². The molecule has 0 amide bonds. The average Bonchev–Trinajstić information content (AvgIpc) is 2.82. The van der Waals surface area contributed by atoms with Gasteiger partial charge in [-0.15, -0.1) is 0 Å². The molecular weight excluding hydrogens is 210 g/mol. The number of rotatable bonds is 5. The highest BCUT2D eigenvalue weighted by atomic mass is 15.2. The Hall–Kier alpha value is -0.120. The number of nitrogens with one attached hydrogen (secondary N) is 1. The lowest BCUT2D eigenvalue weighted by molar-refractivity contribution is 0.139. The predicted molar refractivity (Wildman–Crippen MR) is 73.4 cm³/mol. The second-order valence-corrected chi connectivity index (χ2v) is 6.01. The molecule has 100 valence electrons. The molecule has 1 atom stereocenters. The van der Waals surface area contributed by atoms with Gasteiger partial charge < -0.3 is 10.2 Å². The third kappa shape index (κ3) is 4.23. The Morgan fingerprint density at radius 3 is 2.53 bits per heavy atom. The van der Waals surface area contributed by atoms with E-state index in [1.54, 1.807) is 0 Å². The minimum absolute atomic E-state index is 0.712. The number of hydrogen-bond acceptors (Lipinski definition) is 3. The van der Waals surface area contributed by atoms with E-state index in [1.165, 1.54) is 51.9 Å². The van der Waals surface area contributed by atoms with E-state index in [1.807, 2.05) is 0 Å². The zero-order chi connectivity index (χ0) is 12.1. The van der Waals surface area contributed by atoms with Gasteiger partial charge in [-0.05, 0) is 32.7 Å². The van der Waals surface area contributed by atoms with Crippen LogP contribution < -0.4 is 5.32 Å². The van der Waals surface area contributed by atoms with Crippen LogP contribution in [0, 0.1) is 5.92 Å². The number of hydrogen-bond donors (Lipinski definition) is 1. The first kappa shape index (κ1) is 13.3. The molecular formula is C14H29N3. The summed E-state index contributed by atoms with van der Waals surface area (Å²) in [6.45, 7) is 9.70. The van der Waals surface area contributed by atoms with E-state index >= 15 is 0 Å². The summed E-state index contributed by atoms with van der Waals surface area (Å²) in [5.74, 6) is 0.982. The average molecular weight is 239 g/mol. The normalized spacial score (nSPS) is 25.6. The summed E-state index contributed by atoms with van der Waals surface area (Å²) >= 11 is 0. The summed E-state index contributed by atoms with van der Waals surface area (Å²) < 4.78 is 0. The fraction of sp³-hybridized carbons (Fsp3) is 1.00. The molecule has 0 bridgehead atoms. The van der Waals surface area contributed by atoms with Crippen LogP contribution >= 0.6 is 0 Å². The highest BCUT2D eigenvalue weighted by molar-refractivity contribution is 4.77. The molecule has 3 nitrogen and oxygen atoms in total. The number of piperazine rings is 1. The zero-order valence-electron chi connectivity index (χ0n) is 11.6. The summed E-state index contributed by atoms with van der Waals surface area (Å²) in [6.07, 6.45) is 5.86. The van der Waals surface area contributed by atoms with Gasteiger partial charge >= 0.3 is 0 Å². The van der Waals surface area contributed by atoms with E-state index in [0.717, 1.165) is 19.0 Å². The van der Waals surface area contributed by atoms with E-state index < -0.39 is 0 Å². The smallest absolute Gasteiger partial charge is 0.0195 e. The Morgan fingerprint density at radius 2 is 1.88 bits per heavy atom. The van der Waals surface area contributed by atoms with Crippen LogP contribution in [0.1, 0.15) is 32.6 Å². The van der Waals surface area contributed by atoms with Crippen molar-refractivity contribution in [2.24, 2.45) is 5.92 Å². The van der Waals surface area contributed by atoms with Gasteiger partial charge in [0.2, 0.25) is 0 Å². The van der Waals surface area contributed by atoms with Gasteiger partial charge in [0, 0.05) is 45.3 Å². The first-order valence-electron chi connectivity index (χ1n) is 7.39. The van der Waals surface area contributed by atoms with Crippen molar-refractivity contribution in [3.05, 3.63) is 0 Å². The highest BCUT2D eigenvalue weighted by Crippen LogP contribution is 2.25. The van der Waals surface area contributed by atoms with Gasteiger partial charge in [-0.25, -0.2) is 0 Å². The van der Waals surface area contributed by atoms with Gasteiger partial charge in [0.1, 0.15) is 0 Å². The molecule has 17 heavy (non-hydrogen) atoms. The lowest BCUT2D eigenvalue weighted by Crippen LogP contribution is -2.50.